The van der Waals surface area contributed by atoms with E-state index in [1.807, 2.05) is 18.2 Å². The van der Waals surface area contributed by atoms with Crippen LogP contribution >= 0.6 is 0 Å². The molecule has 2 rings (SSSR count). The van der Waals surface area contributed by atoms with Gasteiger partial charge in [-0.15, -0.1) is 0 Å². The fraction of sp³-hybridized carbons (Fsp3) is 0.286. The van der Waals surface area contributed by atoms with Gasteiger partial charge in [-0.2, -0.15) is 0 Å². The monoisotopic (exact) mass is 231 g/mol. The first-order chi connectivity index (χ1) is 8.36. The van der Waals surface area contributed by atoms with Crippen molar-refractivity contribution in [3.05, 3.63) is 42.0 Å². The fourth-order valence-corrected chi connectivity index (χ4v) is 1.98. The number of fused-ring (bicyclic) bond motifs is 1. The van der Waals surface area contributed by atoms with Crippen molar-refractivity contribution in [2.75, 3.05) is 20.3 Å². The normalized spacial score (nSPS) is 10.7. The maximum atomic E-state index is 8.79. The van der Waals surface area contributed by atoms with Gasteiger partial charge in [0.1, 0.15) is 5.75 Å². The Morgan fingerprint density at radius 3 is 2.76 bits per heavy atom. The van der Waals surface area contributed by atoms with Gasteiger partial charge < -0.3 is 15.2 Å². The Hall–Kier alpha value is -1.58. The Morgan fingerprint density at radius 2 is 2.00 bits per heavy atom. The second-order valence-electron chi connectivity index (χ2n) is 3.87. The average molecular weight is 231 g/mol. The van der Waals surface area contributed by atoms with Crippen molar-refractivity contribution in [1.29, 1.82) is 0 Å². The first-order valence-corrected chi connectivity index (χ1v) is 5.73. The number of hydrogen-bond acceptors (Lipinski definition) is 3. The molecular weight excluding hydrogens is 214 g/mol. The lowest BCUT2D eigenvalue weighted by molar-refractivity contribution is 0.291. The van der Waals surface area contributed by atoms with E-state index in [1.54, 1.807) is 7.11 Å². The minimum Gasteiger partial charge on any atom is -0.496 e. The maximum absolute atomic E-state index is 8.79. The lowest BCUT2D eigenvalue weighted by atomic mass is 10.0. The highest BCUT2D eigenvalue weighted by Gasteiger charge is 2.07. The van der Waals surface area contributed by atoms with E-state index < -0.39 is 0 Å². The lowest BCUT2D eigenvalue weighted by Gasteiger charge is -2.12. The molecule has 0 amide bonds. The molecule has 2 aromatic rings. The van der Waals surface area contributed by atoms with Crippen molar-refractivity contribution < 1.29 is 9.84 Å². The maximum Gasteiger partial charge on any atom is 0.123 e. The van der Waals surface area contributed by atoms with Crippen LogP contribution < -0.4 is 10.1 Å². The van der Waals surface area contributed by atoms with Gasteiger partial charge in [-0.1, -0.05) is 30.3 Å². The fourth-order valence-electron chi connectivity index (χ4n) is 1.98. The SMILES string of the molecule is COc1ccc2ccccc2c1CNCCO. The molecule has 0 aliphatic heterocycles. The number of ether oxygens (including phenoxy) is 1. The molecule has 0 saturated carbocycles. The number of methoxy groups -OCH3 is 1. The summed E-state index contributed by atoms with van der Waals surface area (Å²) in [7, 11) is 1.68. The topological polar surface area (TPSA) is 41.5 Å². The summed E-state index contributed by atoms with van der Waals surface area (Å²) in [4.78, 5) is 0. The Morgan fingerprint density at radius 1 is 1.18 bits per heavy atom. The molecule has 0 aliphatic rings. The highest BCUT2D eigenvalue weighted by Crippen LogP contribution is 2.27. The molecule has 0 bridgehead atoms. The van der Waals surface area contributed by atoms with Gasteiger partial charge in [0, 0.05) is 18.7 Å². The summed E-state index contributed by atoms with van der Waals surface area (Å²) in [5, 5.41) is 14.4. The first-order valence-electron chi connectivity index (χ1n) is 5.73. The van der Waals surface area contributed by atoms with Crippen molar-refractivity contribution in [2.24, 2.45) is 0 Å². The summed E-state index contributed by atoms with van der Waals surface area (Å²) in [6.45, 7) is 1.44. The van der Waals surface area contributed by atoms with Crippen LogP contribution in [-0.2, 0) is 6.54 Å². The number of hydrogen-bond donors (Lipinski definition) is 2. The molecule has 0 aliphatic carbocycles. The molecule has 90 valence electrons. The average Bonchev–Trinajstić information content (AvgIpc) is 2.39. The molecule has 0 fully saturated rings. The van der Waals surface area contributed by atoms with Crippen LogP contribution in [0, 0.1) is 0 Å². The molecule has 3 nitrogen and oxygen atoms in total. The van der Waals surface area contributed by atoms with Crippen molar-refractivity contribution in [3.63, 3.8) is 0 Å². The zero-order chi connectivity index (χ0) is 12.1. The molecule has 0 saturated heterocycles. The first kappa shape index (κ1) is 11.9. The Kier molecular flexibility index (Phi) is 3.96. The molecule has 0 radical (unpaired) electrons. The number of aliphatic hydroxyl groups is 1. The van der Waals surface area contributed by atoms with Crippen LogP contribution in [0.3, 0.4) is 0 Å². The molecule has 0 atom stereocenters. The molecule has 0 aromatic heterocycles. The van der Waals surface area contributed by atoms with E-state index in [1.165, 1.54) is 10.8 Å². The molecule has 17 heavy (non-hydrogen) atoms. The third-order valence-corrected chi connectivity index (χ3v) is 2.81. The van der Waals surface area contributed by atoms with E-state index >= 15 is 0 Å². The minimum absolute atomic E-state index is 0.146. The van der Waals surface area contributed by atoms with Crippen molar-refractivity contribution in [1.82, 2.24) is 5.32 Å². The van der Waals surface area contributed by atoms with Gasteiger partial charge in [-0.05, 0) is 16.8 Å². The number of aliphatic hydroxyl groups excluding tert-OH is 1. The summed E-state index contributed by atoms with van der Waals surface area (Å²) in [6.07, 6.45) is 0. The summed E-state index contributed by atoms with van der Waals surface area (Å²) in [5.74, 6) is 0.883. The third kappa shape index (κ3) is 2.57. The standard InChI is InChI=1S/C14H17NO2/c1-17-14-7-6-11-4-2-3-5-12(11)13(14)10-15-8-9-16/h2-7,15-16H,8-10H2,1H3. The molecule has 2 aromatic carbocycles. The third-order valence-electron chi connectivity index (χ3n) is 2.81. The van der Waals surface area contributed by atoms with E-state index in [-0.39, 0.29) is 6.61 Å². The molecule has 0 heterocycles. The minimum atomic E-state index is 0.146. The number of rotatable bonds is 5. The lowest BCUT2D eigenvalue weighted by Crippen LogP contribution is -2.18. The molecule has 0 unspecified atom stereocenters. The predicted molar refractivity (Wildman–Crippen MR) is 69.3 cm³/mol. The highest BCUT2D eigenvalue weighted by molar-refractivity contribution is 5.87. The number of benzene rings is 2. The number of nitrogens with one attached hydrogen (secondary N) is 1. The molecule has 3 heteroatoms. The second kappa shape index (κ2) is 5.66. The van der Waals surface area contributed by atoms with Crippen molar-refractivity contribution in [2.45, 2.75) is 6.54 Å². The largest absolute Gasteiger partial charge is 0.496 e. The van der Waals surface area contributed by atoms with E-state index in [9.17, 15) is 0 Å². The molecule has 2 N–H and O–H groups in total. The van der Waals surface area contributed by atoms with Crippen LogP contribution in [0.2, 0.25) is 0 Å². The van der Waals surface area contributed by atoms with Crippen LogP contribution in [0.4, 0.5) is 0 Å². The zero-order valence-corrected chi connectivity index (χ0v) is 9.94. The van der Waals surface area contributed by atoms with E-state index in [4.69, 9.17) is 9.84 Å². The van der Waals surface area contributed by atoms with Crippen LogP contribution in [0.15, 0.2) is 36.4 Å². The van der Waals surface area contributed by atoms with Crippen LogP contribution in [0.5, 0.6) is 5.75 Å². The van der Waals surface area contributed by atoms with Gasteiger partial charge in [0.05, 0.1) is 13.7 Å². The van der Waals surface area contributed by atoms with Gasteiger partial charge in [0.25, 0.3) is 0 Å². The van der Waals surface area contributed by atoms with E-state index in [0.29, 0.717) is 13.1 Å². The zero-order valence-electron chi connectivity index (χ0n) is 9.94. The quantitative estimate of drug-likeness (QED) is 0.773. The molecule has 0 spiro atoms. The van der Waals surface area contributed by atoms with E-state index in [0.717, 1.165) is 11.3 Å². The highest BCUT2D eigenvalue weighted by atomic mass is 16.5. The van der Waals surface area contributed by atoms with Crippen molar-refractivity contribution in [3.8, 4) is 5.75 Å². The summed E-state index contributed by atoms with van der Waals surface area (Å²) in [6, 6.07) is 12.3. The smallest absolute Gasteiger partial charge is 0.123 e. The van der Waals surface area contributed by atoms with Gasteiger partial charge in [-0.25, -0.2) is 0 Å². The van der Waals surface area contributed by atoms with Gasteiger partial charge in [-0.3, -0.25) is 0 Å². The molecular formula is C14H17NO2. The van der Waals surface area contributed by atoms with E-state index in [2.05, 4.69) is 23.5 Å². The Labute approximate surface area is 101 Å². The van der Waals surface area contributed by atoms with Crippen molar-refractivity contribution >= 4 is 10.8 Å². The van der Waals surface area contributed by atoms with Crippen LogP contribution in [0.1, 0.15) is 5.56 Å². The predicted octanol–water partition coefficient (Wildman–Crippen LogP) is 1.93. The van der Waals surface area contributed by atoms with Crippen LogP contribution in [0.25, 0.3) is 10.8 Å². The summed E-state index contributed by atoms with van der Waals surface area (Å²) in [5.41, 5.74) is 1.14. The Bertz CT molecular complexity index is 497. The second-order valence-corrected chi connectivity index (χ2v) is 3.87. The summed E-state index contributed by atoms with van der Waals surface area (Å²) < 4.78 is 5.38. The van der Waals surface area contributed by atoms with Gasteiger partial charge >= 0.3 is 0 Å². The van der Waals surface area contributed by atoms with Gasteiger partial charge in [0.15, 0.2) is 0 Å². The van der Waals surface area contributed by atoms with Gasteiger partial charge in [0.2, 0.25) is 0 Å². The summed E-state index contributed by atoms with van der Waals surface area (Å²) >= 11 is 0. The van der Waals surface area contributed by atoms with Crippen LogP contribution in [-0.4, -0.2) is 25.4 Å². The Balaban J connectivity index is 2.40.